The lowest BCUT2D eigenvalue weighted by Crippen LogP contribution is -2.23. The van der Waals surface area contributed by atoms with Crippen molar-refractivity contribution in [3.05, 3.63) is 33.9 Å². The molecule has 0 bridgehead atoms. The molecule has 1 aliphatic heterocycles. The number of halogens is 1. The smallest absolute Gasteiger partial charge is 0.157 e. The zero-order valence-electron chi connectivity index (χ0n) is 13.9. The van der Waals surface area contributed by atoms with Crippen molar-refractivity contribution in [2.45, 2.75) is 58.2 Å². The first-order valence-corrected chi connectivity index (χ1v) is 9.59. The van der Waals surface area contributed by atoms with Crippen LogP contribution in [0, 0.1) is 0 Å². The fourth-order valence-corrected chi connectivity index (χ4v) is 3.62. The van der Waals surface area contributed by atoms with Gasteiger partial charge in [0.25, 0.3) is 0 Å². The highest BCUT2D eigenvalue weighted by Crippen LogP contribution is 2.27. The van der Waals surface area contributed by atoms with Gasteiger partial charge in [-0.05, 0) is 62.3 Å². The average Bonchev–Trinajstić information content (AvgIpc) is 2.91. The maximum absolute atomic E-state index is 5.95. The standard InChI is InChI=1S/C19H26BrNO2/c1-2-3-6-17-15(10-12-23-19-7-4-5-11-22-19)16-13-14(20)8-9-18(16)21-17/h8-9,13,19,21H,2-7,10-12H2,1H3. The Kier molecular flexibility index (Phi) is 6.15. The SMILES string of the molecule is CCCCc1[nH]c2ccc(Br)cc2c1CCOC1CCCCO1. The van der Waals surface area contributed by atoms with Crippen LogP contribution in [-0.2, 0) is 22.3 Å². The van der Waals surface area contributed by atoms with E-state index in [-0.39, 0.29) is 6.29 Å². The number of unbranched alkanes of at least 4 members (excludes halogenated alkanes) is 1. The molecule has 1 aliphatic rings. The van der Waals surface area contributed by atoms with E-state index >= 15 is 0 Å². The molecule has 0 aliphatic carbocycles. The second-order valence-corrected chi connectivity index (χ2v) is 7.21. The number of aromatic nitrogens is 1. The highest BCUT2D eigenvalue weighted by molar-refractivity contribution is 9.10. The van der Waals surface area contributed by atoms with Crippen LogP contribution in [0.25, 0.3) is 10.9 Å². The minimum Gasteiger partial charge on any atom is -0.358 e. The van der Waals surface area contributed by atoms with Crippen LogP contribution < -0.4 is 0 Å². The molecular formula is C19H26BrNO2. The summed E-state index contributed by atoms with van der Waals surface area (Å²) >= 11 is 3.59. The second kappa shape index (κ2) is 8.32. The molecule has 1 unspecified atom stereocenters. The molecule has 1 saturated heterocycles. The average molecular weight is 380 g/mol. The van der Waals surface area contributed by atoms with Gasteiger partial charge in [-0.3, -0.25) is 0 Å². The molecule has 126 valence electrons. The number of ether oxygens (including phenoxy) is 2. The maximum Gasteiger partial charge on any atom is 0.157 e. The van der Waals surface area contributed by atoms with Crippen molar-refractivity contribution < 1.29 is 9.47 Å². The van der Waals surface area contributed by atoms with Gasteiger partial charge in [-0.15, -0.1) is 0 Å². The summed E-state index contributed by atoms with van der Waals surface area (Å²) in [4.78, 5) is 3.61. The molecule has 2 aromatic rings. The van der Waals surface area contributed by atoms with E-state index in [1.807, 2.05) is 0 Å². The van der Waals surface area contributed by atoms with E-state index in [0.717, 1.165) is 43.4 Å². The molecule has 3 nitrogen and oxygen atoms in total. The van der Waals surface area contributed by atoms with Gasteiger partial charge in [0.05, 0.1) is 6.61 Å². The molecule has 1 atom stereocenters. The Balaban J connectivity index is 1.72. The van der Waals surface area contributed by atoms with Gasteiger partial charge in [0.2, 0.25) is 0 Å². The molecule has 0 amide bonds. The predicted octanol–water partition coefficient (Wildman–Crippen LogP) is 5.36. The van der Waals surface area contributed by atoms with Gasteiger partial charge in [-0.1, -0.05) is 29.3 Å². The number of rotatable bonds is 7. The van der Waals surface area contributed by atoms with Crippen molar-refractivity contribution >= 4 is 26.8 Å². The third-order valence-corrected chi connectivity index (χ3v) is 5.02. The summed E-state index contributed by atoms with van der Waals surface area (Å²) in [6, 6.07) is 6.47. The fourth-order valence-electron chi connectivity index (χ4n) is 3.26. The summed E-state index contributed by atoms with van der Waals surface area (Å²) < 4.78 is 12.7. The number of aromatic amines is 1. The lowest BCUT2D eigenvalue weighted by atomic mass is 10.0. The van der Waals surface area contributed by atoms with E-state index in [1.165, 1.54) is 41.4 Å². The van der Waals surface area contributed by atoms with E-state index in [2.05, 4.69) is 46.0 Å². The molecule has 0 spiro atoms. The molecule has 4 heteroatoms. The number of benzene rings is 1. The van der Waals surface area contributed by atoms with E-state index in [9.17, 15) is 0 Å². The van der Waals surface area contributed by atoms with Crippen molar-refractivity contribution in [1.29, 1.82) is 0 Å². The first-order valence-electron chi connectivity index (χ1n) is 8.80. The number of H-pyrrole nitrogens is 1. The first kappa shape index (κ1) is 17.0. The third-order valence-electron chi connectivity index (χ3n) is 4.53. The Morgan fingerprint density at radius 2 is 2.22 bits per heavy atom. The van der Waals surface area contributed by atoms with Gasteiger partial charge in [0, 0.05) is 27.7 Å². The Morgan fingerprint density at radius 1 is 1.30 bits per heavy atom. The lowest BCUT2D eigenvalue weighted by Gasteiger charge is -2.22. The van der Waals surface area contributed by atoms with Crippen LogP contribution in [0.4, 0.5) is 0 Å². The summed E-state index contributed by atoms with van der Waals surface area (Å²) in [7, 11) is 0. The topological polar surface area (TPSA) is 34.2 Å². The number of nitrogens with one attached hydrogen (secondary N) is 1. The van der Waals surface area contributed by atoms with Crippen LogP contribution in [0.1, 0.15) is 50.3 Å². The zero-order chi connectivity index (χ0) is 16.1. The van der Waals surface area contributed by atoms with Gasteiger partial charge in [-0.2, -0.15) is 0 Å². The molecule has 0 radical (unpaired) electrons. The molecule has 2 heterocycles. The number of fused-ring (bicyclic) bond motifs is 1. The molecule has 1 aromatic heterocycles. The normalized spacial score (nSPS) is 18.6. The van der Waals surface area contributed by atoms with E-state index in [1.54, 1.807) is 0 Å². The summed E-state index contributed by atoms with van der Waals surface area (Å²) in [6.07, 6.45) is 7.89. The van der Waals surface area contributed by atoms with Gasteiger partial charge < -0.3 is 14.5 Å². The minimum atomic E-state index is -0.000200. The van der Waals surface area contributed by atoms with E-state index in [0.29, 0.717) is 0 Å². The van der Waals surface area contributed by atoms with Gasteiger partial charge >= 0.3 is 0 Å². The molecular weight excluding hydrogens is 354 g/mol. The lowest BCUT2D eigenvalue weighted by molar-refractivity contribution is -0.161. The monoisotopic (exact) mass is 379 g/mol. The van der Waals surface area contributed by atoms with Gasteiger partial charge in [-0.25, -0.2) is 0 Å². The summed E-state index contributed by atoms with van der Waals surface area (Å²) in [6.45, 7) is 3.80. The summed E-state index contributed by atoms with van der Waals surface area (Å²) in [5.74, 6) is 0. The summed E-state index contributed by atoms with van der Waals surface area (Å²) in [5, 5.41) is 1.32. The minimum absolute atomic E-state index is 0.000200. The van der Waals surface area contributed by atoms with Crippen LogP contribution >= 0.6 is 15.9 Å². The molecule has 0 saturated carbocycles. The Labute approximate surface area is 146 Å². The number of aryl methyl sites for hydroxylation is 1. The van der Waals surface area contributed by atoms with Crippen molar-refractivity contribution in [3.8, 4) is 0 Å². The van der Waals surface area contributed by atoms with E-state index in [4.69, 9.17) is 9.47 Å². The number of hydrogen-bond acceptors (Lipinski definition) is 2. The quantitative estimate of drug-likeness (QED) is 0.702. The van der Waals surface area contributed by atoms with Crippen molar-refractivity contribution in [1.82, 2.24) is 4.98 Å². The molecule has 1 N–H and O–H groups in total. The fraction of sp³-hybridized carbons (Fsp3) is 0.579. The maximum atomic E-state index is 5.95. The highest BCUT2D eigenvalue weighted by Gasteiger charge is 2.16. The van der Waals surface area contributed by atoms with Crippen molar-refractivity contribution in [2.24, 2.45) is 0 Å². The number of hydrogen-bond donors (Lipinski definition) is 1. The molecule has 1 aromatic carbocycles. The van der Waals surface area contributed by atoms with Crippen LogP contribution in [0.5, 0.6) is 0 Å². The predicted molar refractivity (Wildman–Crippen MR) is 97.9 cm³/mol. The molecule has 23 heavy (non-hydrogen) atoms. The molecule has 3 rings (SSSR count). The third kappa shape index (κ3) is 4.37. The first-order chi connectivity index (χ1) is 11.3. The highest BCUT2D eigenvalue weighted by atomic mass is 79.9. The van der Waals surface area contributed by atoms with Gasteiger partial charge in [0.15, 0.2) is 6.29 Å². The van der Waals surface area contributed by atoms with Crippen molar-refractivity contribution in [2.75, 3.05) is 13.2 Å². The second-order valence-electron chi connectivity index (χ2n) is 6.29. The molecule has 1 fully saturated rings. The zero-order valence-corrected chi connectivity index (χ0v) is 15.5. The largest absolute Gasteiger partial charge is 0.358 e. The van der Waals surface area contributed by atoms with Crippen LogP contribution in [0.3, 0.4) is 0 Å². The Hall–Kier alpha value is -0.840. The van der Waals surface area contributed by atoms with Gasteiger partial charge in [0.1, 0.15) is 0 Å². The Morgan fingerprint density at radius 3 is 3.00 bits per heavy atom. The Bertz CT molecular complexity index is 632. The summed E-state index contributed by atoms with van der Waals surface area (Å²) in [5.41, 5.74) is 4.00. The van der Waals surface area contributed by atoms with E-state index < -0.39 is 0 Å². The van der Waals surface area contributed by atoms with Crippen LogP contribution in [0.2, 0.25) is 0 Å². The van der Waals surface area contributed by atoms with Crippen molar-refractivity contribution in [3.63, 3.8) is 0 Å². The van der Waals surface area contributed by atoms with Crippen LogP contribution in [0.15, 0.2) is 22.7 Å². The van der Waals surface area contributed by atoms with Crippen LogP contribution in [-0.4, -0.2) is 24.5 Å².